The largest absolute Gasteiger partial charge is 0.465 e. The molecule has 21 heavy (non-hydrogen) atoms. The first-order chi connectivity index (χ1) is 10.2. The van der Waals surface area contributed by atoms with E-state index in [1.54, 1.807) is 0 Å². The Morgan fingerprint density at radius 2 is 2.38 bits per heavy atom. The molecule has 0 aromatic carbocycles. The zero-order valence-electron chi connectivity index (χ0n) is 12.7. The average molecular weight is 309 g/mol. The maximum atomic E-state index is 11.9. The van der Waals surface area contributed by atoms with Crippen molar-refractivity contribution in [3.8, 4) is 0 Å². The number of carbonyl (C=O) groups excluding carboxylic acids is 1. The van der Waals surface area contributed by atoms with Crippen molar-refractivity contribution < 1.29 is 14.3 Å². The van der Waals surface area contributed by atoms with Gasteiger partial charge in [-0.3, -0.25) is 4.79 Å². The number of rotatable bonds is 7. The number of thiazole rings is 1. The zero-order chi connectivity index (χ0) is 15.1. The summed E-state index contributed by atoms with van der Waals surface area (Å²) in [6.45, 7) is 5.12. The van der Waals surface area contributed by atoms with E-state index >= 15 is 0 Å². The Labute approximate surface area is 130 Å². The van der Waals surface area contributed by atoms with Gasteiger partial charge < -0.3 is 9.47 Å². The van der Waals surface area contributed by atoms with E-state index in [9.17, 15) is 4.79 Å². The summed E-state index contributed by atoms with van der Waals surface area (Å²) in [4.78, 5) is 16.3. The quantitative estimate of drug-likeness (QED) is 0.569. The van der Waals surface area contributed by atoms with Crippen molar-refractivity contribution >= 4 is 17.3 Å². The van der Waals surface area contributed by atoms with Crippen LogP contribution in [0.4, 0.5) is 0 Å². The Kier molecular flexibility index (Phi) is 6.39. The highest BCUT2D eigenvalue weighted by Crippen LogP contribution is 2.22. The monoisotopic (exact) mass is 309 g/mol. The summed E-state index contributed by atoms with van der Waals surface area (Å²) in [5.41, 5.74) is 0.773. The molecule has 0 radical (unpaired) electrons. The molecular formula is C16H23NO3S. The van der Waals surface area contributed by atoms with Crippen molar-refractivity contribution in [2.75, 3.05) is 13.2 Å². The second kappa shape index (κ2) is 8.29. The van der Waals surface area contributed by atoms with E-state index in [0.29, 0.717) is 19.1 Å². The van der Waals surface area contributed by atoms with Crippen LogP contribution in [0.25, 0.3) is 0 Å². The normalized spacial score (nSPS) is 19.4. The van der Waals surface area contributed by atoms with Crippen LogP contribution in [0.1, 0.15) is 49.9 Å². The van der Waals surface area contributed by atoms with Crippen molar-refractivity contribution in [2.24, 2.45) is 5.92 Å². The molecule has 1 heterocycles. The first kappa shape index (κ1) is 16.2. The lowest BCUT2D eigenvalue weighted by Gasteiger charge is -2.17. The molecule has 1 aromatic rings. The molecule has 0 amide bonds. The fourth-order valence-corrected chi connectivity index (χ4v) is 3.15. The summed E-state index contributed by atoms with van der Waals surface area (Å²) in [6.07, 6.45) is 7.80. The van der Waals surface area contributed by atoms with Crippen molar-refractivity contribution in [1.29, 1.82) is 0 Å². The maximum Gasteiger partial charge on any atom is 0.311 e. The van der Waals surface area contributed by atoms with Gasteiger partial charge in [-0.25, -0.2) is 4.98 Å². The Morgan fingerprint density at radius 3 is 3.10 bits per heavy atom. The smallest absolute Gasteiger partial charge is 0.311 e. The minimum Gasteiger partial charge on any atom is -0.465 e. The Bertz CT molecular complexity index is 484. The summed E-state index contributed by atoms with van der Waals surface area (Å²) in [5, 5.41) is 2.83. The molecule has 2 rings (SSSR count). The lowest BCUT2D eigenvalue weighted by atomic mass is 9.95. The summed E-state index contributed by atoms with van der Waals surface area (Å²) in [5.74, 6) is 0.286. The van der Waals surface area contributed by atoms with Crippen LogP contribution in [0, 0.1) is 5.92 Å². The maximum absolute atomic E-state index is 11.9. The summed E-state index contributed by atoms with van der Waals surface area (Å²) in [7, 11) is 0. The predicted octanol–water partition coefficient (Wildman–Crippen LogP) is 3.68. The topological polar surface area (TPSA) is 48.4 Å². The Hall–Kier alpha value is -1.20. The number of carbonyl (C=O) groups is 1. The molecule has 0 bridgehead atoms. The van der Waals surface area contributed by atoms with E-state index in [4.69, 9.17) is 9.47 Å². The van der Waals surface area contributed by atoms with Crippen LogP contribution in [-0.4, -0.2) is 24.2 Å². The van der Waals surface area contributed by atoms with Crippen LogP contribution in [0.15, 0.2) is 17.5 Å². The van der Waals surface area contributed by atoms with Crippen LogP contribution in [0.3, 0.4) is 0 Å². The van der Waals surface area contributed by atoms with Gasteiger partial charge in [-0.15, -0.1) is 11.3 Å². The molecule has 116 valence electrons. The van der Waals surface area contributed by atoms with Crippen LogP contribution in [0.2, 0.25) is 0 Å². The van der Waals surface area contributed by atoms with E-state index in [0.717, 1.165) is 30.0 Å². The van der Waals surface area contributed by atoms with Gasteiger partial charge in [-0.1, -0.05) is 12.2 Å². The van der Waals surface area contributed by atoms with Gasteiger partial charge >= 0.3 is 5.97 Å². The molecule has 1 aromatic heterocycles. The number of nitrogens with zero attached hydrogens (tertiary/aromatic N) is 1. The van der Waals surface area contributed by atoms with E-state index < -0.39 is 0 Å². The lowest BCUT2D eigenvalue weighted by molar-refractivity contribution is -0.144. The van der Waals surface area contributed by atoms with Gasteiger partial charge in [0.15, 0.2) is 0 Å². The highest BCUT2D eigenvalue weighted by molar-refractivity contribution is 7.09. The predicted molar refractivity (Wildman–Crippen MR) is 83.3 cm³/mol. The highest BCUT2D eigenvalue weighted by atomic mass is 32.1. The lowest BCUT2D eigenvalue weighted by Crippen LogP contribution is -2.16. The first-order valence-electron chi connectivity index (χ1n) is 7.55. The van der Waals surface area contributed by atoms with Gasteiger partial charge in [-0.05, 0) is 39.0 Å². The summed E-state index contributed by atoms with van der Waals surface area (Å²) in [6, 6.07) is 0. The van der Waals surface area contributed by atoms with Gasteiger partial charge in [0.25, 0.3) is 0 Å². The molecule has 0 saturated heterocycles. The van der Waals surface area contributed by atoms with Crippen LogP contribution in [-0.2, 0) is 20.7 Å². The molecule has 1 aliphatic rings. The molecule has 0 unspecified atom stereocenters. The van der Waals surface area contributed by atoms with Gasteiger partial charge in [0.1, 0.15) is 11.1 Å². The van der Waals surface area contributed by atoms with Crippen molar-refractivity contribution in [1.82, 2.24) is 4.98 Å². The fraction of sp³-hybridized carbons (Fsp3) is 0.625. The van der Waals surface area contributed by atoms with Gasteiger partial charge in [-0.2, -0.15) is 0 Å². The molecule has 0 fully saturated rings. The van der Waals surface area contributed by atoms with Gasteiger partial charge in [0.05, 0.1) is 18.7 Å². The summed E-state index contributed by atoms with van der Waals surface area (Å²) < 4.78 is 10.9. The molecule has 4 nitrogen and oxygen atoms in total. The Morgan fingerprint density at radius 1 is 1.52 bits per heavy atom. The van der Waals surface area contributed by atoms with Crippen LogP contribution in [0.5, 0.6) is 0 Å². The van der Waals surface area contributed by atoms with Gasteiger partial charge in [0, 0.05) is 12.0 Å². The minimum absolute atomic E-state index is 0.0150. The summed E-state index contributed by atoms with van der Waals surface area (Å²) >= 11 is 1.53. The molecule has 5 heteroatoms. The van der Waals surface area contributed by atoms with Crippen LogP contribution >= 0.6 is 11.3 Å². The number of ether oxygens (including phenoxy) is 2. The molecule has 0 spiro atoms. The highest BCUT2D eigenvalue weighted by Gasteiger charge is 2.15. The molecular weight excluding hydrogens is 286 g/mol. The Balaban J connectivity index is 1.75. The van der Waals surface area contributed by atoms with Gasteiger partial charge in [0.2, 0.25) is 0 Å². The second-order valence-corrected chi connectivity index (χ2v) is 6.17. The SMILES string of the molecule is CCO[C@H](C)c1nc(CC(=O)OC[C@@H]2CC=CCC2)cs1. The number of hydrogen-bond donors (Lipinski definition) is 0. The molecule has 0 saturated carbocycles. The van der Waals surface area contributed by atoms with Crippen LogP contribution < -0.4 is 0 Å². The van der Waals surface area contributed by atoms with Crippen molar-refractivity contribution in [2.45, 2.75) is 45.6 Å². The second-order valence-electron chi connectivity index (χ2n) is 5.28. The minimum atomic E-state index is -0.189. The number of hydrogen-bond acceptors (Lipinski definition) is 5. The van der Waals surface area contributed by atoms with E-state index in [2.05, 4.69) is 17.1 Å². The van der Waals surface area contributed by atoms with Crippen molar-refractivity contribution in [3.05, 3.63) is 28.2 Å². The average Bonchev–Trinajstić information content (AvgIpc) is 2.95. The first-order valence-corrected chi connectivity index (χ1v) is 8.43. The molecule has 1 aliphatic carbocycles. The zero-order valence-corrected chi connectivity index (χ0v) is 13.5. The standard InChI is InChI=1S/C16H23NO3S/c1-3-19-12(2)16-17-14(11-21-16)9-15(18)20-10-13-7-5-4-6-8-13/h4-5,11-13H,3,6-10H2,1-2H3/t12-,13-/m1/s1. The number of allylic oxidation sites excluding steroid dienone is 2. The number of aromatic nitrogens is 1. The molecule has 0 aliphatic heterocycles. The van der Waals surface area contributed by atoms with Crippen molar-refractivity contribution in [3.63, 3.8) is 0 Å². The third-order valence-corrected chi connectivity index (χ3v) is 4.57. The van der Waals surface area contributed by atoms with E-state index in [-0.39, 0.29) is 18.5 Å². The van der Waals surface area contributed by atoms with E-state index in [1.165, 1.54) is 11.3 Å². The molecule has 2 atom stereocenters. The molecule has 0 N–H and O–H groups in total. The third kappa shape index (κ3) is 5.25. The fourth-order valence-electron chi connectivity index (χ4n) is 2.33. The number of esters is 1. The van der Waals surface area contributed by atoms with E-state index in [1.807, 2.05) is 19.2 Å². The third-order valence-electron chi connectivity index (χ3n) is 3.52.